The zero-order valence-electron chi connectivity index (χ0n) is 31.8. The van der Waals surface area contributed by atoms with Crippen molar-refractivity contribution in [3.8, 4) is 0 Å². The second-order valence-electron chi connectivity index (χ2n) is 16.3. The number of carbonyl (C=O) groups excluding carboxylic acids is 4. The first-order valence-electron chi connectivity index (χ1n) is 19.2. The highest BCUT2D eigenvalue weighted by molar-refractivity contribution is 5.95. The minimum absolute atomic E-state index is 0. The fourth-order valence-electron chi connectivity index (χ4n) is 8.13. The summed E-state index contributed by atoms with van der Waals surface area (Å²) in [4.78, 5) is 54.8. The summed E-state index contributed by atoms with van der Waals surface area (Å²) in [6.45, 7) is 16.2. The molecule has 6 rings (SSSR count). The Kier molecular flexibility index (Phi) is 13.7. The largest absolute Gasteiger partial charge is 0.379 e. The third kappa shape index (κ3) is 10.3. The molecule has 0 radical (unpaired) electrons. The molecule has 51 heavy (non-hydrogen) atoms. The van der Waals surface area contributed by atoms with Crippen LogP contribution in [0.5, 0.6) is 0 Å². The third-order valence-corrected chi connectivity index (χ3v) is 11.7. The van der Waals surface area contributed by atoms with Crippen molar-refractivity contribution in [2.45, 2.75) is 111 Å². The normalized spacial score (nSPS) is 28.4. The predicted octanol–water partition coefficient (Wildman–Crippen LogP) is 5.67. The number of amides is 4. The van der Waals surface area contributed by atoms with Crippen molar-refractivity contribution in [3.05, 3.63) is 18.0 Å². The molecule has 13 heteroatoms. The first-order chi connectivity index (χ1) is 24.2. The zero-order valence-corrected chi connectivity index (χ0v) is 31.8. The number of H-pyrrole nitrogens is 1. The molecule has 0 bridgehead atoms. The summed E-state index contributed by atoms with van der Waals surface area (Å²) >= 11 is 0. The number of nitrogens with zero attached hydrogens (tertiary/aromatic N) is 4. The maximum absolute atomic E-state index is 14.0. The van der Waals surface area contributed by atoms with Gasteiger partial charge in [-0.1, -0.05) is 41.0 Å². The number of nitrogens with one attached hydrogen (secondary N) is 2. The fourth-order valence-corrected chi connectivity index (χ4v) is 8.13. The van der Waals surface area contributed by atoms with E-state index in [1.54, 1.807) is 22.9 Å². The van der Waals surface area contributed by atoms with Gasteiger partial charge in [-0.15, -0.1) is 0 Å². The van der Waals surface area contributed by atoms with Crippen LogP contribution in [0.1, 0.15) is 113 Å². The van der Waals surface area contributed by atoms with E-state index in [-0.39, 0.29) is 37.8 Å². The number of rotatable bonds is 11. The van der Waals surface area contributed by atoms with E-state index in [4.69, 9.17) is 4.74 Å². The summed E-state index contributed by atoms with van der Waals surface area (Å²) in [5.41, 5.74) is -1.95. The molecule has 2 atom stereocenters. The SMILES string of the molecule is CC.CC1(F)CCC(COCCNC(=O)[C@@H]2CN(C(=O)c3cn[nH]c3)CC23CN(C(=O)[C@H]2CC2(C)C)C3)CC1.CCCC1(F)CCN(C=O)CC1.[HH].[HH]. The Hall–Kier alpha value is -3.09. The Morgan fingerprint density at radius 2 is 1.67 bits per heavy atom. The van der Waals surface area contributed by atoms with Gasteiger partial charge in [0.25, 0.3) is 5.91 Å². The van der Waals surface area contributed by atoms with Crippen LogP contribution in [0.2, 0.25) is 0 Å². The highest BCUT2D eigenvalue weighted by Gasteiger charge is 2.61. The average Bonchev–Trinajstić information content (AvgIpc) is 3.45. The molecule has 0 aromatic carbocycles. The maximum atomic E-state index is 14.0. The number of aromatic nitrogens is 2. The molecule has 4 heterocycles. The Morgan fingerprint density at radius 1 is 1.04 bits per heavy atom. The number of alkyl halides is 2. The van der Waals surface area contributed by atoms with E-state index in [0.717, 1.165) is 32.1 Å². The molecule has 1 aromatic heterocycles. The van der Waals surface area contributed by atoms with E-state index >= 15 is 0 Å². The predicted molar refractivity (Wildman–Crippen MR) is 195 cm³/mol. The molecule has 0 unspecified atom stereocenters. The molecule has 1 aromatic rings. The lowest BCUT2D eigenvalue weighted by Crippen LogP contribution is -2.64. The van der Waals surface area contributed by atoms with Gasteiger partial charge < -0.3 is 24.8 Å². The van der Waals surface area contributed by atoms with Crippen LogP contribution < -0.4 is 5.32 Å². The molecule has 2 aliphatic carbocycles. The van der Waals surface area contributed by atoms with Gasteiger partial charge in [-0.2, -0.15) is 5.10 Å². The lowest BCUT2D eigenvalue weighted by atomic mass is 9.71. The molecule has 4 amide bonds. The molecular formula is C38H66F2N6O5. The van der Waals surface area contributed by atoms with Gasteiger partial charge in [0, 0.05) is 72.8 Å². The first-order valence-corrected chi connectivity index (χ1v) is 19.2. The number of aromatic amines is 1. The number of carbonyl (C=O) groups is 4. The average molecular weight is 725 g/mol. The molecule has 292 valence electrons. The van der Waals surface area contributed by atoms with E-state index in [1.807, 2.05) is 25.7 Å². The van der Waals surface area contributed by atoms with Crippen molar-refractivity contribution in [1.29, 1.82) is 0 Å². The molecular weight excluding hydrogens is 658 g/mol. The molecule has 2 N–H and O–H groups in total. The Bertz CT molecular complexity index is 1310. The van der Waals surface area contributed by atoms with Crippen molar-refractivity contribution in [1.82, 2.24) is 30.2 Å². The Balaban J connectivity index is 0.000000517. The second kappa shape index (κ2) is 17.2. The van der Waals surface area contributed by atoms with Crippen LogP contribution in [-0.4, -0.2) is 119 Å². The van der Waals surface area contributed by atoms with Crippen LogP contribution in [0.25, 0.3) is 0 Å². The Morgan fingerprint density at radius 3 is 2.22 bits per heavy atom. The molecule has 5 fully saturated rings. The van der Waals surface area contributed by atoms with E-state index in [9.17, 15) is 28.0 Å². The maximum Gasteiger partial charge on any atom is 0.257 e. The van der Waals surface area contributed by atoms with Gasteiger partial charge in [-0.05, 0) is 69.6 Å². The van der Waals surface area contributed by atoms with Crippen LogP contribution in [-0.2, 0) is 19.1 Å². The van der Waals surface area contributed by atoms with Gasteiger partial charge >= 0.3 is 0 Å². The van der Waals surface area contributed by atoms with Crippen LogP contribution >= 0.6 is 0 Å². The standard InChI is InChI=1S/C27H40FN5O4.C9H16FNO.C2H6.2H2/c1-25(2)10-20(25)24(36)33-16-27(17-33)15-32(23(35)19-11-30-31-12-19)13-21(27)22(34)29-8-9-37-14-18-4-6-26(3,28)7-5-18;1-2-3-9(10)4-6-11(8-12)7-5-9;1-2;;/h11-12,18,20-21H,4-10,13-17H2,1-3H3,(H,29,34)(H,30,31);8H,2-7H2,1H3;1-2H3;2*1H/t18?,20-,21+,26?;;;;/m1..../s1. The lowest BCUT2D eigenvalue weighted by Gasteiger charge is -2.50. The van der Waals surface area contributed by atoms with Crippen LogP contribution in [0.3, 0.4) is 0 Å². The summed E-state index contributed by atoms with van der Waals surface area (Å²) in [5, 5.41) is 9.55. The van der Waals surface area contributed by atoms with E-state index in [1.165, 1.54) is 6.20 Å². The first kappa shape index (κ1) is 40.7. The number of hydrogen-bond donors (Lipinski definition) is 2. The lowest BCUT2D eigenvalue weighted by molar-refractivity contribution is -0.151. The number of hydrogen-bond acceptors (Lipinski definition) is 6. The van der Waals surface area contributed by atoms with Gasteiger partial charge in [0.15, 0.2) is 0 Å². The van der Waals surface area contributed by atoms with Crippen molar-refractivity contribution in [2.75, 3.05) is 59.0 Å². The summed E-state index contributed by atoms with van der Waals surface area (Å²) in [5.74, 6) is -0.0523. The molecule has 5 aliphatic rings. The number of halogens is 2. The molecule has 3 saturated heterocycles. The molecule has 11 nitrogen and oxygen atoms in total. The molecule has 1 spiro atoms. The summed E-state index contributed by atoms with van der Waals surface area (Å²) in [7, 11) is 0. The second-order valence-corrected chi connectivity index (χ2v) is 16.3. The number of ether oxygens (including phenoxy) is 1. The smallest absolute Gasteiger partial charge is 0.257 e. The third-order valence-electron chi connectivity index (χ3n) is 11.7. The van der Waals surface area contributed by atoms with Crippen molar-refractivity contribution >= 4 is 24.1 Å². The molecule has 2 saturated carbocycles. The fraction of sp³-hybridized carbons (Fsp3) is 0.816. The van der Waals surface area contributed by atoms with E-state index in [0.29, 0.717) is 103 Å². The monoisotopic (exact) mass is 725 g/mol. The van der Waals surface area contributed by atoms with Gasteiger partial charge in [0.05, 0.1) is 24.3 Å². The summed E-state index contributed by atoms with van der Waals surface area (Å²) < 4.78 is 33.5. The topological polar surface area (TPSA) is 128 Å². The van der Waals surface area contributed by atoms with Crippen molar-refractivity contribution in [2.24, 2.45) is 28.6 Å². The summed E-state index contributed by atoms with van der Waals surface area (Å²) in [6.07, 6.45) is 10.1. The van der Waals surface area contributed by atoms with Crippen molar-refractivity contribution < 1.29 is 35.5 Å². The zero-order chi connectivity index (χ0) is 37.5. The quantitative estimate of drug-likeness (QED) is 0.224. The minimum Gasteiger partial charge on any atom is -0.379 e. The van der Waals surface area contributed by atoms with E-state index in [2.05, 4.69) is 29.4 Å². The van der Waals surface area contributed by atoms with Gasteiger partial charge in [0.1, 0.15) is 11.3 Å². The van der Waals surface area contributed by atoms with Crippen LogP contribution in [0, 0.1) is 28.6 Å². The van der Waals surface area contributed by atoms with Gasteiger partial charge in [0.2, 0.25) is 18.2 Å². The van der Waals surface area contributed by atoms with Crippen LogP contribution in [0.15, 0.2) is 12.4 Å². The van der Waals surface area contributed by atoms with Gasteiger partial charge in [-0.25, -0.2) is 8.78 Å². The molecule has 3 aliphatic heterocycles. The van der Waals surface area contributed by atoms with E-state index < -0.39 is 16.8 Å². The highest BCUT2D eigenvalue weighted by Crippen LogP contribution is 2.54. The Labute approximate surface area is 305 Å². The number of likely N-dealkylation sites (tertiary alicyclic amines) is 3. The highest BCUT2D eigenvalue weighted by atomic mass is 19.1. The van der Waals surface area contributed by atoms with Crippen LogP contribution in [0.4, 0.5) is 8.78 Å². The van der Waals surface area contributed by atoms with Crippen molar-refractivity contribution in [3.63, 3.8) is 0 Å². The number of piperidine rings is 1. The summed E-state index contributed by atoms with van der Waals surface area (Å²) in [6, 6.07) is 0. The van der Waals surface area contributed by atoms with Gasteiger partial charge in [-0.3, -0.25) is 24.3 Å². The minimum atomic E-state index is -1.05.